The van der Waals surface area contributed by atoms with E-state index >= 15 is 0 Å². The average Bonchev–Trinajstić information content (AvgIpc) is 2.77. The molecular weight excluding hydrogens is 238 g/mol. The maximum absolute atomic E-state index is 12.3. The second kappa shape index (κ2) is 5.45. The van der Waals surface area contributed by atoms with Crippen LogP contribution in [0.3, 0.4) is 0 Å². The second-order valence-electron chi connectivity index (χ2n) is 5.30. The van der Waals surface area contributed by atoms with E-state index in [1.807, 2.05) is 39.3 Å². The van der Waals surface area contributed by atoms with Crippen molar-refractivity contribution in [1.29, 1.82) is 0 Å². The fourth-order valence-corrected chi connectivity index (χ4v) is 2.02. The van der Waals surface area contributed by atoms with Crippen molar-refractivity contribution in [3.8, 4) is 0 Å². The van der Waals surface area contributed by atoms with Crippen LogP contribution in [0.5, 0.6) is 0 Å². The van der Waals surface area contributed by atoms with E-state index in [0.29, 0.717) is 5.69 Å². The first-order valence-corrected chi connectivity index (χ1v) is 6.47. The number of fused-ring (bicyclic) bond motifs is 1. The number of nitrogens with zero attached hydrogens (tertiary/aromatic N) is 2. The predicted octanol–water partition coefficient (Wildman–Crippen LogP) is 2.11. The maximum Gasteiger partial charge on any atom is 0.270 e. The Morgan fingerprint density at radius 2 is 1.89 bits per heavy atom. The minimum absolute atomic E-state index is 0.0377. The number of hydrogen-bond donors (Lipinski definition) is 1. The zero-order chi connectivity index (χ0) is 14.0. The Morgan fingerprint density at radius 3 is 2.58 bits per heavy atom. The van der Waals surface area contributed by atoms with Gasteiger partial charge >= 0.3 is 0 Å². The molecule has 0 unspecified atom stereocenters. The van der Waals surface area contributed by atoms with Gasteiger partial charge in [0.1, 0.15) is 5.69 Å². The van der Waals surface area contributed by atoms with Gasteiger partial charge in [-0.2, -0.15) is 0 Å². The summed E-state index contributed by atoms with van der Waals surface area (Å²) >= 11 is 0. The summed E-state index contributed by atoms with van der Waals surface area (Å²) in [6.07, 6.45) is 0. The lowest BCUT2D eigenvalue weighted by molar-refractivity contribution is 0.0781. The molecular formula is C15H21N3O. The molecule has 1 N–H and O–H groups in total. The number of rotatable bonds is 4. The molecule has 1 amide bonds. The molecule has 0 fully saturated rings. The van der Waals surface area contributed by atoms with Crippen LogP contribution in [0.1, 0.15) is 16.1 Å². The van der Waals surface area contributed by atoms with E-state index in [0.717, 1.165) is 24.0 Å². The summed E-state index contributed by atoms with van der Waals surface area (Å²) in [5.74, 6) is 0.0377. The summed E-state index contributed by atoms with van der Waals surface area (Å²) in [7, 11) is 5.84. The lowest BCUT2D eigenvalue weighted by Gasteiger charge is -2.18. The minimum atomic E-state index is 0.0377. The zero-order valence-electron chi connectivity index (χ0n) is 12.0. The Hall–Kier alpha value is -1.81. The standard InChI is InChI=1S/C15H21N3O/c1-11-5-6-13-12(9-11)10-14(16-13)15(19)18(4)8-7-17(2)3/h5-6,9-10,16H,7-8H2,1-4H3. The smallest absolute Gasteiger partial charge is 0.270 e. The van der Waals surface area contributed by atoms with Gasteiger partial charge in [-0.1, -0.05) is 11.6 Å². The number of aromatic nitrogens is 1. The minimum Gasteiger partial charge on any atom is -0.351 e. The molecule has 0 radical (unpaired) electrons. The number of H-pyrrole nitrogens is 1. The largest absolute Gasteiger partial charge is 0.351 e. The van der Waals surface area contributed by atoms with Crippen LogP contribution in [0.4, 0.5) is 0 Å². The van der Waals surface area contributed by atoms with Crippen molar-refractivity contribution in [3.63, 3.8) is 0 Å². The summed E-state index contributed by atoms with van der Waals surface area (Å²) in [6.45, 7) is 3.64. The van der Waals surface area contributed by atoms with E-state index in [-0.39, 0.29) is 5.91 Å². The molecule has 0 aliphatic heterocycles. The average molecular weight is 259 g/mol. The van der Waals surface area contributed by atoms with E-state index in [1.54, 1.807) is 4.90 Å². The van der Waals surface area contributed by atoms with E-state index < -0.39 is 0 Å². The first-order valence-electron chi connectivity index (χ1n) is 6.47. The molecule has 0 spiro atoms. The molecule has 4 heteroatoms. The third-order valence-corrected chi connectivity index (χ3v) is 3.24. The van der Waals surface area contributed by atoms with Gasteiger partial charge in [0.2, 0.25) is 0 Å². The number of hydrogen-bond acceptors (Lipinski definition) is 2. The van der Waals surface area contributed by atoms with Gasteiger partial charge in [-0.3, -0.25) is 4.79 Å². The Labute approximate surface area is 114 Å². The quantitative estimate of drug-likeness (QED) is 0.913. The summed E-state index contributed by atoms with van der Waals surface area (Å²) in [5.41, 5.74) is 2.86. The third-order valence-electron chi connectivity index (χ3n) is 3.24. The number of nitrogens with one attached hydrogen (secondary N) is 1. The molecule has 0 aliphatic rings. The highest BCUT2D eigenvalue weighted by Gasteiger charge is 2.14. The van der Waals surface area contributed by atoms with Gasteiger partial charge in [-0.25, -0.2) is 0 Å². The first kappa shape index (κ1) is 13.6. The number of carbonyl (C=O) groups is 1. The molecule has 0 aliphatic carbocycles. The Balaban J connectivity index is 2.16. The summed E-state index contributed by atoms with van der Waals surface area (Å²) in [4.78, 5) is 19.3. The molecule has 0 atom stereocenters. The topological polar surface area (TPSA) is 39.3 Å². The summed E-state index contributed by atoms with van der Waals surface area (Å²) in [5, 5.41) is 1.09. The van der Waals surface area contributed by atoms with Crippen molar-refractivity contribution >= 4 is 16.8 Å². The monoisotopic (exact) mass is 259 g/mol. The normalized spacial score (nSPS) is 11.2. The molecule has 0 bridgehead atoms. The van der Waals surface area contributed by atoms with Gasteiger partial charge in [-0.05, 0) is 39.2 Å². The number of aryl methyl sites for hydroxylation is 1. The van der Waals surface area contributed by atoms with Gasteiger partial charge < -0.3 is 14.8 Å². The second-order valence-corrected chi connectivity index (χ2v) is 5.30. The van der Waals surface area contributed by atoms with Crippen molar-refractivity contribution in [2.75, 3.05) is 34.2 Å². The highest BCUT2D eigenvalue weighted by Crippen LogP contribution is 2.17. The molecule has 1 aromatic carbocycles. The van der Waals surface area contributed by atoms with Gasteiger partial charge in [0.05, 0.1) is 0 Å². The maximum atomic E-state index is 12.3. The number of aromatic amines is 1. The summed E-state index contributed by atoms with van der Waals surface area (Å²) < 4.78 is 0. The lowest BCUT2D eigenvalue weighted by Crippen LogP contribution is -2.33. The highest BCUT2D eigenvalue weighted by molar-refractivity contribution is 5.98. The molecule has 0 saturated carbocycles. The van der Waals surface area contributed by atoms with Crippen LogP contribution in [-0.4, -0.2) is 54.9 Å². The van der Waals surface area contributed by atoms with Crippen LogP contribution in [0.2, 0.25) is 0 Å². The van der Waals surface area contributed by atoms with E-state index in [1.165, 1.54) is 5.56 Å². The Morgan fingerprint density at radius 1 is 1.16 bits per heavy atom. The Kier molecular flexibility index (Phi) is 3.90. The van der Waals surface area contributed by atoms with Gasteiger partial charge in [-0.15, -0.1) is 0 Å². The Bertz CT molecular complexity index is 586. The third kappa shape index (κ3) is 3.15. The van der Waals surface area contributed by atoms with Gasteiger partial charge in [0.15, 0.2) is 0 Å². The molecule has 102 valence electrons. The molecule has 0 saturated heterocycles. The molecule has 2 aromatic rings. The lowest BCUT2D eigenvalue weighted by atomic mass is 10.2. The van der Waals surface area contributed by atoms with Crippen molar-refractivity contribution in [3.05, 3.63) is 35.5 Å². The number of likely N-dealkylation sites (N-methyl/N-ethyl adjacent to an activating group) is 2. The molecule has 19 heavy (non-hydrogen) atoms. The van der Waals surface area contributed by atoms with Crippen molar-refractivity contribution in [2.24, 2.45) is 0 Å². The van der Waals surface area contributed by atoms with Crippen LogP contribution < -0.4 is 0 Å². The van der Waals surface area contributed by atoms with Crippen LogP contribution in [0.25, 0.3) is 10.9 Å². The fourth-order valence-electron chi connectivity index (χ4n) is 2.02. The van der Waals surface area contributed by atoms with Crippen molar-refractivity contribution in [1.82, 2.24) is 14.8 Å². The van der Waals surface area contributed by atoms with E-state index in [9.17, 15) is 4.79 Å². The van der Waals surface area contributed by atoms with E-state index in [2.05, 4.69) is 22.9 Å². The van der Waals surface area contributed by atoms with Crippen LogP contribution in [0, 0.1) is 6.92 Å². The van der Waals surface area contributed by atoms with Gasteiger partial charge in [0, 0.05) is 31.0 Å². The number of benzene rings is 1. The highest BCUT2D eigenvalue weighted by atomic mass is 16.2. The van der Waals surface area contributed by atoms with Crippen LogP contribution >= 0.6 is 0 Å². The number of amides is 1. The van der Waals surface area contributed by atoms with Crippen molar-refractivity contribution in [2.45, 2.75) is 6.92 Å². The SMILES string of the molecule is Cc1ccc2[nH]c(C(=O)N(C)CCN(C)C)cc2c1. The zero-order valence-corrected chi connectivity index (χ0v) is 12.0. The molecule has 1 heterocycles. The van der Waals surface area contributed by atoms with E-state index in [4.69, 9.17) is 0 Å². The predicted molar refractivity (Wildman–Crippen MR) is 78.6 cm³/mol. The summed E-state index contributed by atoms with van der Waals surface area (Å²) in [6, 6.07) is 8.07. The van der Waals surface area contributed by atoms with Crippen LogP contribution in [-0.2, 0) is 0 Å². The number of carbonyl (C=O) groups excluding carboxylic acids is 1. The first-order chi connectivity index (χ1) is 8.97. The molecule has 1 aromatic heterocycles. The molecule has 4 nitrogen and oxygen atoms in total. The van der Waals surface area contributed by atoms with Crippen molar-refractivity contribution < 1.29 is 4.79 Å². The fraction of sp³-hybridized carbons (Fsp3) is 0.400. The van der Waals surface area contributed by atoms with Gasteiger partial charge in [0.25, 0.3) is 5.91 Å². The van der Waals surface area contributed by atoms with Crippen LogP contribution in [0.15, 0.2) is 24.3 Å². The molecule has 2 rings (SSSR count).